The van der Waals surface area contributed by atoms with Crippen LogP contribution in [0, 0.1) is 11.3 Å². The lowest BCUT2D eigenvalue weighted by Crippen LogP contribution is -2.10. The van der Waals surface area contributed by atoms with E-state index >= 15 is 0 Å². The predicted octanol–water partition coefficient (Wildman–Crippen LogP) is 3.79. The third kappa shape index (κ3) is 2.81. The number of aromatic carboxylic acids is 1. The summed E-state index contributed by atoms with van der Waals surface area (Å²) in [5.74, 6) is -0.974. The second-order valence-corrected chi connectivity index (χ2v) is 5.04. The number of benzene rings is 2. The number of hydrogen-bond acceptors (Lipinski definition) is 3. The van der Waals surface area contributed by atoms with E-state index < -0.39 is 5.97 Å². The minimum atomic E-state index is -0.974. The van der Waals surface area contributed by atoms with Crippen LogP contribution in [0.4, 0.5) is 11.4 Å². The maximum Gasteiger partial charge on any atom is 0.336 e. The molecule has 0 aliphatic rings. The van der Waals surface area contributed by atoms with Crippen LogP contribution in [0.5, 0.6) is 0 Å². The van der Waals surface area contributed by atoms with Gasteiger partial charge in [-0.25, -0.2) is 4.79 Å². The average Bonchev–Trinajstić information content (AvgIpc) is 2.46. The lowest BCUT2D eigenvalue weighted by Gasteiger charge is -2.20. The van der Waals surface area contributed by atoms with Crippen LogP contribution in [0.15, 0.2) is 46.9 Å². The van der Waals surface area contributed by atoms with Crippen molar-refractivity contribution in [3.8, 4) is 6.07 Å². The molecule has 0 radical (unpaired) electrons. The first-order valence-electron chi connectivity index (χ1n) is 5.79. The van der Waals surface area contributed by atoms with Crippen LogP contribution in [0.25, 0.3) is 0 Å². The van der Waals surface area contributed by atoms with Crippen molar-refractivity contribution in [1.29, 1.82) is 5.26 Å². The molecule has 20 heavy (non-hydrogen) atoms. The Morgan fingerprint density at radius 3 is 2.55 bits per heavy atom. The highest BCUT2D eigenvalue weighted by Gasteiger charge is 2.11. The number of carboxylic acids is 1. The number of anilines is 2. The van der Waals surface area contributed by atoms with Crippen molar-refractivity contribution in [1.82, 2.24) is 0 Å². The SMILES string of the molecule is CN(c1cccc(C#N)c1)c1ccc(C(=O)O)c(Br)c1. The molecule has 0 atom stereocenters. The van der Waals surface area contributed by atoms with Gasteiger partial charge in [0.25, 0.3) is 0 Å². The van der Waals surface area contributed by atoms with Gasteiger partial charge >= 0.3 is 5.97 Å². The standard InChI is InChI=1S/C15H11BrN2O2/c1-18(11-4-2-3-10(7-11)9-17)12-5-6-13(15(19)20)14(16)8-12/h2-8H,1H3,(H,19,20). The van der Waals surface area contributed by atoms with Gasteiger partial charge in [0.2, 0.25) is 0 Å². The second-order valence-electron chi connectivity index (χ2n) is 4.19. The third-order valence-corrected chi connectivity index (χ3v) is 3.59. The van der Waals surface area contributed by atoms with Gasteiger partial charge in [-0.1, -0.05) is 6.07 Å². The summed E-state index contributed by atoms with van der Waals surface area (Å²) >= 11 is 3.26. The fraction of sp³-hybridized carbons (Fsp3) is 0.0667. The summed E-state index contributed by atoms with van der Waals surface area (Å²) in [5, 5.41) is 17.9. The van der Waals surface area contributed by atoms with Crippen LogP contribution >= 0.6 is 15.9 Å². The summed E-state index contributed by atoms with van der Waals surface area (Å²) < 4.78 is 0.519. The quantitative estimate of drug-likeness (QED) is 0.929. The molecule has 0 aliphatic carbocycles. The van der Waals surface area contributed by atoms with Crippen LogP contribution in [-0.2, 0) is 0 Å². The zero-order chi connectivity index (χ0) is 14.7. The van der Waals surface area contributed by atoms with E-state index in [4.69, 9.17) is 10.4 Å². The lowest BCUT2D eigenvalue weighted by atomic mass is 10.1. The van der Waals surface area contributed by atoms with Gasteiger partial charge in [-0.05, 0) is 52.3 Å². The minimum absolute atomic E-state index is 0.216. The van der Waals surface area contributed by atoms with Crippen molar-refractivity contribution in [3.05, 3.63) is 58.1 Å². The molecule has 0 saturated heterocycles. The largest absolute Gasteiger partial charge is 0.478 e. The van der Waals surface area contributed by atoms with Crippen molar-refractivity contribution >= 4 is 33.3 Å². The summed E-state index contributed by atoms with van der Waals surface area (Å²) in [6.45, 7) is 0. The van der Waals surface area contributed by atoms with Crippen LogP contribution < -0.4 is 4.90 Å². The molecular formula is C15H11BrN2O2. The number of carbonyl (C=O) groups is 1. The first kappa shape index (κ1) is 14.1. The molecule has 2 aromatic carbocycles. The topological polar surface area (TPSA) is 64.3 Å². The molecule has 4 nitrogen and oxygen atoms in total. The van der Waals surface area contributed by atoms with E-state index in [-0.39, 0.29) is 5.56 Å². The van der Waals surface area contributed by atoms with Gasteiger partial charge in [-0.3, -0.25) is 0 Å². The van der Waals surface area contributed by atoms with E-state index in [0.717, 1.165) is 11.4 Å². The van der Waals surface area contributed by atoms with Crippen molar-refractivity contribution < 1.29 is 9.90 Å². The fourth-order valence-electron chi connectivity index (χ4n) is 1.82. The molecule has 2 aromatic rings. The highest BCUT2D eigenvalue weighted by atomic mass is 79.9. The van der Waals surface area contributed by atoms with Gasteiger partial charge < -0.3 is 10.0 Å². The van der Waals surface area contributed by atoms with Crippen LogP contribution in [0.1, 0.15) is 15.9 Å². The maximum atomic E-state index is 11.0. The van der Waals surface area contributed by atoms with E-state index in [2.05, 4.69) is 22.0 Å². The molecule has 1 N–H and O–H groups in total. The van der Waals surface area contributed by atoms with Gasteiger partial charge in [0.05, 0.1) is 17.2 Å². The molecule has 0 heterocycles. The van der Waals surface area contributed by atoms with Crippen molar-refractivity contribution in [2.75, 3.05) is 11.9 Å². The summed E-state index contributed by atoms with van der Waals surface area (Å²) in [7, 11) is 1.86. The highest BCUT2D eigenvalue weighted by Crippen LogP contribution is 2.28. The molecule has 2 rings (SSSR count). The summed E-state index contributed by atoms with van der Waals surface area (Å²) in [6.07, 6.45) is 0. The molecule has 0 fully saturated rings. The van der Waals surface area contributed by atoms with Gasteiger partial charge in [0.15, 0.2) is 0 Å². The number of halogens is 1. The zero-order valence-corrected chi connectivity index (χ0v) is 12.3. The normalized spacial score (nSPS) is 9.85. The Kier molecular flexibility index (Phi) is 4.06. The molecule has 0 saturated carbocycles. The average molecular weight is 331 g/mol. The lowest BCUT2D eigenvalue weighted by molar-refractivity contribution is 0.0696. The second kappa shape index (κ2) is 5.76. The van der Waals surface area contributed by atoms with Gasteiger partial charge in [-0.15, -0.1) is 0 Å². The highest BCUT2D eigenvalue weighted by molar-refractivity contribution is 9.10. The molecule has 0 amide bonds. The summed E-state index contributed by atoms with van der Waals surface area (Å²) in [4.78, 5) is 12.9. The number of hydrogen-bond donors (Lipinski definition) is 1. The Morgan fingerprint density at radius 2 is 1.95 bits per heavy atom. The Balaban J connectivity index is 2.38. The van der Waals surface area contributed by atoms with Crippen LogP contribution in [-0.4, -0.2) is 18.1 Å². The van der Waals surface area contributed by atoms with E-state index in [1.807, 2.05) is 24.1 Å². The molecule has 0 aromatic heterocycles. The number of nitrogens with zero attached hydrogens (tertiary/aromatic N) is 2. The van der Waals surface area contributed by atoms with Crippen molar-refractivity contribution in [3.63, 3.8) is 0 Å². The van der Waals surface area contributed by atoms with E-state index in [1.54, 1.807) is 30.3 Å². The van der Waals surface area contributed by atoms with Crippen LogP contribution in [0.2, 0.25) is 0 Å². The Hall–Kier alpha value is -2.32. The molecule has 0 spiro atoms. The first-order chi connectivity index (χ1) is 9.52. The summed E-state index contributed by atoms with van der Waals surface area (Å²) in [5.41, 5.74) is 2.49. The zero-order valence-electron chi connectivity index (χ0n) is 10.7. The smallest absolute Gasteiger partial charge is 0.336 e. The number of nitriles is 1. The minimum Gasteiger partial charge on any atom is -0.478 e. The molecule has 0 unspecified atom stereocenters. The summed E-state index contributed by atoms with van der Waals surface area (Å²) in [6, 6.07) is 14.3. The Morgan fingerprint density at radius 1 is 1.25 bits per heavy atom. The Labute approximate surface area is 125 Å². The maximum absolute atomic E-state index is 11.0. The van der Waals surface area contributed by atoms with E-state index in [9.17, 15) is 4.79 Å². The van der Waals surface area contributed by atoms with Crippen molar-refractivity contribution in [2.45, 2.75) is 0 Å². The molecule has 0 bridgehead atoms. The van der Waals surface area contributed by atoms with Gasteiger partial charge in [0.1, 0.15) is 0 Å². The van der Waals surface area contributed by atoms with E-state index in [1.165, 1.54) is 0 Å². The van der Waals surface area contributed by atoms with Crippen molar-refractivity contribution in [2.24, 2.45) is 0 Å². The third-order valence-electron chi connectivity index (χ3n) is 2.93. The fourth-order valence-corrected chi connectivity index (χ4v) is 2.36. The predicted molar refractivity (Wildman–Crippen MR) is 80.3 cm³/mol. The monoisotopic (exact) mass is 330 g/mol. The van der Waals surface area contributed by atoms with Gasteiger partial charge in [-0.2, -0.15) is 5.26 Å². The van der Waals surface area contributed by atoms with Crippen LogP contribution in [0.3, 0.4) is 0 Å². The molecule has 5 heteroatoms. The van der Waals surface area contributed by atoms with Gasteiger partial charge in [0, 0.05) is 22.9 Å². The molecular weight excluding hydrogens is 320 g/mol. The number of rotatable bonds is 3. The first-order valence-corrected chi connectivity index (χ1v) is 6.59. The molecule has 0 aliphatic heterocycles. The molecule has 100 valence electrons. The van der Waals surface area contributed by atoms with E-state index in [0.29, 0.717) is 10.0 Å². The number of carboxylic acid groups (broad SMARTS) is 1. The Bertz CT molecular complexity index is 707.